The number of hydrogen-bond acceptors (Lipinski definition) is 3. The largest absolute Gasteiger partial charge is 0.477 e. The molecule has 1 N–H and O–H groups in total. The molecule has 94 valence electrons. The molecule has 17 heavy (non-hydrogen) atoms. The maximum Gasteiger partial charge on any atom is 0.345 e. The van der Waals surface area contributed by atoms with Crippen molar-refractivity contribution in [1.82, 2.24) is 4.90 Å². The van der Waals surface area contributed by atoms with Crippen LogP contribution in [-0.4, -0.2) is 29.1 Å². The van der Waals surface area contributed by atoms with E-state index in [1.54, 1.807) is 0 Å². The van der Waals surface area contributed by atoms with Crippen molar-refractivity contribution in [2.45, 2.75) is 33.2 Å². The topological polar surface area (TPSA) is 40.5 Å². The molecule has 0 atom stereocenters. The molecule has 0 saturated carbocycles. The smallest absolute Gasteiger partial charge is 0.345 e. The van der Waals surface area contributed by atoms with Crippen LogP contribution in [0.25, 0.3) is 0 Å². The molecule has 0 spiro atoms. The van der Waals surface area contributed by atoms with E-state index in [9.17, 15) is 4.79 Å². The molecule has 2 heterocycles. The van der Waals surface area contributed by atoms with Gasteiger partial charge in [-0.05, 0) is 50.4 Å². The number of aryl methyl sites for hydroxylation is 1. The average Bonchev–Trinajstić information content (AvgIpc) is 2.64. The van der Waals surface area contributed by atoms with Crippen LogP contribution in [0.3, 0.4) is 0 Å². The molecule has 0 unspecified atom stereocenters. The van der Waals surface area contributed by atoms with E-state index in [2.05, 4.69) is 11.8 Å². The molecule has 1 aliphatic heterocycles. The van der Waals surface area contributed by atoms with Gasteiger partial charge in [0, 0.05) is 11.4 Å². The maximum absolute atomic E-state index is 10.9. The molecular weight excluding hydrogens is 234 g/mol. The molecule has 3 nitrogen and oxygen atoms in total. The molecule has 0 aromatic carbocycles. The quantitative estimate of drug-likeness (QED) is 0.900. The van der Waals surface area contributed by atoms with Crippen LogP contribution in [0, 0.1) is 12.8 Å². The summed E-state index contributed by atoms with van der Waals surface area (Å²) in [6.07, 6.45) is 2.52. The van der Waals surface area contributed by atoms with E-state index in [0.29, 0.717) is 4.88 Å². The monoisotopic (exact) mass is 253 g/mol. The van der Waals surface area contributed by atoms with Crippen LogP contribution in [0.15, 0.2) is 6.07 Å². The van der Waals surface area contributed by atoms with Gasteiger partial charge in [-0.3, -0.25) is 4.90 Å². The van der Waals surface area contributed by atoms with Crippen LogP contribution < -0.4 is 0 Å². The molecule has 0 amide bonds. The minimum absolute atomic E-state index is 0.461. The molecule has 1 aromatic rings. The Hall–Kier alpha value is -0.870. The van der Waals surface area contributed by atoms with Gasteiger partial charge < -0.3 is 5.11 Å². The molecule has 4 heteroatoms. The molecule has 1 aromatic heterocycles. The second kappa shape index (κ2) is 5.19. The maximum atomic E-state index is 10.9. The molecule has 1 saturated heterocycles. The zero-order chi connectivity index (χ0) is 12.4. The Kier molecular flexibility index (Phi) is 3.84. The van der Waals surface area contributed by atoms with E-state index in [1.807, 2.05) is 13.0 Å². The highest BCUT2D eigenvalue weighted by Gasteiger charge is 2.18. The van der Waals surface area contributed by atoms with Gasteiger partial charge in [-0.2, -0.15) is 0 Å². The van der Waals surface area contributed by atoms with Crippen molar-refractivity contribution >= 4 is 17.3 Å². The first-order valence-electron chi connectivity index (χ1n) is 6.11. The lowest BCUT2D eigenvalue weighted by Gasteiger charge is -2.30. The van der Waals surface area contributed by atoms with Crippen molar-refractivity contribution in [2.24, 2.45) is 5.92 Å². The van der Waals surface area contributed by atoms with Crippen LogP contribution in [0.1, 0.15) is 39.9 Å². The Morgan fingerprint density at radius 2 is 2.18 bits per heavy atom. The van der Waals surface area contributed by atoms with Crippen molar-refractivity contribution in [3.05, 3.63) is 21.4 Å². The fourth-order valence-corrected chi connectivity index (χ4v) is 3.12. The second-order valence-electron chi connectivity index (χ2n) is 4.96. The number of thiophene rings is 1. The summed E-state index contributed by atoms with van der Waals surface area (Å²) in [5, 5.41) is 8.96. The number of rotatable bonds is 3. The summed E-state index contributed by atoms with van der Waals surface area (Å²) >= 11 is 1.39. The van der Waals surface area contributed by atoms with Crippen molar-refractivity contribution < 1.29 is 9.90 Å². The molecule has 1 aliphatic rings. The summed E-state index contributed by atoms with van der Waals surface area (Å²) in [6.45, 7) is 7.49. The Morgan fingerprint density at radius 3 is 2.71 bits per heavy atom. The van der Waals surface area contributed by atoms with Gasteiger partial charge in [-0.1, -0.05) is 6.92 Å². The van der Waals surface area contributed by atoms with Crippen molar-refractivity contribution in [2.75, 3.05) is 13.1 Å². The minimum atomic E-state index is -0.809. The Labute approximate surface area is 106 Å². The molecule has 0 aliphatic carbocycles. The fourth-order valence-electron chi connectivity index (χ4n) is 2.24. The van der Waals surface area contributed by atoms with E-state index in [0.717, 1.165) is 30.4 Å². The molecule has 0 bridgehead atoms. The van der Waals surface area contributed by atoms with Gasteiger partial charge in [-0.25, -0.2) is 4.79 Å². The van der Waals surface area contributed by atoms with Gasteiger partial charge in [0.1, 0.15) is 4.88 Å². The summed E-state index contributed by atoms with van der Waals surface area (Å²) in [6, 6.07) is 1.83. The third-order valence-electron chi connectivity index (χ3n) is 3.50. The van der Waals surface area contributed by atoms with Crippen LogP contribution in [0.2, 0.25) is 0 Å². The van der Waals surface area contributed by atoms with Crippen molar-refractivity contribution in [3.63, 3.8) is 0 Å². The van der Waals surface area contributed by atoms with E-state index < -0.39 is 5.97 Å². The lowest BCUT2D eigenvalue weighted by Crippen LogP contribution is -2.32. The van der Waals surface area contributed by atoms with E-state index in [4.69, 9.17) is 5.11 Å². The SMILES string of the molecule is Cc1sc(C(=O)O)cc1CN1CCC(C)CC1. The second-order valence-corrected chi connectivity index (χ2v) is 6.21. The number of carboxylic acids is 1. The lowest BCUT2D eigenvalue weighted by atomic mass is 9.99. The summed E-state index contributed by atoms with van der Waals surface area (Å²) in [7, 11) is 0. The van der Waals surface area contributed by atoms with Gasteiger partial charge in [0.15, 0.2) is 0 Å². The van der Waals surface area contributed by atoms with Gasteiger partial charge in [0.2, 0.25) is 0 Å². The third kappa shape index (κ3) is 3.07. The van der Waals surface area contributed by atoms with Crippen molar-refractivity contribution in [3.8, 4) is 0 Å². The molecule has 0 radical (unpaired) electrons. The highest BCUT2D eigenvalue weighted by molar-refractivity contribution is 7.14. The summed E-state index contributed by atoms with van der Waals surface area (Å²) in [5.41, 5.74) is 1.18. The van der Waals surface area contributed by atoms with Gasteiger partial charge >= 0.3 is 5.97 Å². The van der Waals surface area contributed by atoms with Crippen LogP contribution in [-0.2, 0) is 6.54 Å². The first-order valence-corrected chi connectivity index (χ1v) is 6.93. The van der Waals surface area contributed by atoms with Gasteiger partial charge in [0.25, 0.3) is 0 Å². The van der Waals surface area contributed by atoms with Gasteiger partial charge in [0.05, 0.1) is 0 Å². The normalized spacial score (nSPS) is 18.5. The molecule has 1 fully saturated rings. The number of hydrogen-bond donors (Lipinski definition) is 1. The zero-order valence-corrected chi connectivity index (χ0v) is 11.2. The number of likely N-dealkylation sites (tertiary alicyclic amines) is 1. The number of nitrogens with zero attached hydrogens (tertiary/aromatic N) is 1. The Bertz CT molecular complexity index is 406. The standard InChI is InChI=1S/C13H19NO2S/c1-9-3-5-14(6-4-9)8-11-7-12(13(15)16)17-10(11)2/h7,9H,3-6,8H2,1-2H3,(H,15,16). The summed E-state index contributed by atoms with van der Waals surface area (Å²) in [4.78, 5) is 14.9. The first kappa shape index (κ1) is 12.6. The predicted octanol–water partition coefficient (Wildman–Crippen LogP) is 2.99. The number of piperidine rings is 1. The lowest BCUT2D eigenvalue weighted by molar-refractivity contribution is 0.0702. The average molecular weight is 253 g/mol. The van der Waals surface area contributed by atoms with E-state index >= 15 is 0 Å². The predicted molar refractivity (Wildman–Crippen MR) is 69.7 cm³/mol. The number of carbonyl (C=O) groups is 1. The highest BCUT2D eigenvalue weighted by atomic mass is 32.1. The van der Waals surface area contributed by atoms with E-state index in [-0.39, 0.29) is 0 Å². The Morgan fingerprint density at radius 1 is 1.53 bits per heavy atom. The van der Waals surface area contributed by atoms with Crippen LogP contribution >= 0.6 is 11.3 Å². The zero-order valence-electron chi connectivity index (χ0n) is 10.4. The highest BCUT2D eigenvalue weighted by Crippen LogP contribution is 2.25. The first-order chi connectivity index (χ1) is 8.06. The number of aromatic carboxylic acids is 1. The van der Waals surface area contributed by atoms with Crippen LogP contribution in [0.4, 0.5) is 0 Å². The fraction of sp³-hybridized carbons (Fsp3) is 0.615. The molecule has 2 rings (SSSR count). The minimum Gasteiger partial charge on any atom is -0.477 e. The van der Waals surface area contributed by atoms with Crippen molar-refractivity contribution in [1.29, 1.82) is 0 Å². The molecular formula is C13H19NO2S. The third-order valence-corrected chi connectivity index (χ3v) is 4.58. The van der Waals surface area contributed by atoms with E-state index in [1.165, 1.54) is 29.7 Å². The number of carboxylic acid groups (broad SMARTS) is 1. The Balaban J connectivity index is 2.01. The van der Waals surface area contributed by atoms with Crippen LogP contribution in [0.5, 0.6) is 0 Å². The van der Waals surface area contributed by atoms with Gasteiger partial charge in [-0.15, -0.1) is 11.3 Å². The summed E-state index contributed by atoms with van der Waals surface area (Å²) < 4.78 is 0. The summed E-state index contributed by atoms with van der Waals surface area (Å²) in [5.74, 6) is 0.0287.